The first-order chi connectivity index (χ1) is 14.1. The maximum atomic E-state index is 11.5. The van der Waals surface area contributed by atoms with Crippen molar-refractivity contribution in [2.75, 3.05) is 0 Å². The van der Waals surface area contributed by atoms with Gasteiger partial charge in [-0.15, -0.1) is 0 Å². The molecule has 4 nitrogen and oxygen atoms in total. The molecule has 1 aromatic heterocycles. The molecule has 29 heavy (non-hydrogen) atoms. The molecule has 0 radical (unpaired) electrons. The summed E-state index contributed by atoms with van der Waals surface area (Å²) in [6.45, 7) is 1.66. The van der Waals surface area contributed by atoms with Crippen LogP contribution in [0.3, 0.4) is 0 Å². The SMILES string of the molecule is CC(C(=O)O)c1cn(C(c2ccccc2)(c2ccccc2)c2ccccc2)cn1. The summed E-state index contributed by atoms with van der Waals surface area (Å²) in [5.74, 6) is -1.57. The predicted molar refractivity (Wildman–Crippen MR) is 113 cm³/mol. The average molecular weight is 382 g/mol. The van der Waals surface area contributed by atoms with Gasteiger partial charge in [-0.25, -0.2) is 4.98 Å². The summed E-state index contributed by atoms with van der Waals surface area (Å²) in [7, 11) is 0. The minimum absolute atomic E-state index is 0.532. The zero-order chi connectivity index (χ0) is 20.3. The number of carbonyl (C=O) groups is 1. The highest BCUT2D eigenvalue weighted by Gasteiger charge is 2.38. The highest BCUT2D eigenvalue weighted by molar-refractivity contribution is 5.74. The molecular weight excluding hydrogens is 360 g/mol. The summed E-state index contributed by atoms with van der Waals surface area (Å²) in [4.78, 5) is 16.0. The van der Waals surface area contributed by atoms with Crippen LogP contribution in [-0.2, 0) is 10.3 Å². The van der Waals surface area contributed by atoms with E-state index in [0.717, 1.165) is 16.7 Å². The third kappa shape index (κ3) is 3.23. The normalized spacial score (nSPS) is 12.4. The molecule has 0 aliphatic heterocycles. The maximum Gasteiger partial charge on any atom is 0.312 e. The molecule has 4 aromatic rings. The van der Waals surface area contributed by atoms with Crippen molar-refractivity contribution in [1.29, 1.82) is 0 Å². The van der Waals surface area contributed by atoms with Gasteiger partial charge in [0.2, 0.25) is 0 Å². The first-order valence-corrected chi connectivity index (χ1v) is 9.57. The Morgan fingerprint density at radius 3 is 1.62 bits per heavy atom. The molecular formula is C25H22N2O2. The molecule has 0 spiro atoms. The van der Waals surface area contributed by atoms with Crippen LogP contribution < -0.4 is 0 Å². The van der Waals surface area contributed by atoms with Gasteiger partial charge in [-0.05, 0) is 23.6 Å². The number of hydrogen-bond donors (Lipinski definition) is 1. The number of rotatable bonds is 6. The minimum Gasteiger partial charge on any atom is -0.481 e. The van der Waals surface area contributed by atoms with Crippen LogP contribution >= 0.6 is 0 Å². The lowest BCUT2D eigenvalue weighted by molar-refractivity contribution is -0.138. The van der Waals surface area contributed by atoms with E-state index in [-0.39, 0.29) is 0 Å². The monoisotopic (exact) mass is 382 g/mol. The summed E-state index contributed by atoms with van der Waals surface area (Å²) in [5, 5.41) is 9.45. The molecule has 3 aromatic carbocycles. The summed E-state index contributed by atoms with van der Waals surface area (Å²) in [6, 6.07) is 30.7. The molecule has 144 valence electrons. The Morgan fingerprint density at radius 1 is 0.828 bits per heavy atom. The van der Waals surface area contributed by atoms with E-state index < -0.39 is 17.4 Å². The first-order valence-electron chi connectivity index (χ1n) is 9.57. The van der Waals surface area contributed by atoms with Gasteiger partial charge < -0.3 is 9.67 Å². The Bertz CT molecular complexity index is 993. The van der Waals surface area contributed by atoms with Crippen LogP contribution in [0.4, 0.5) is 0 Å². The van der Waals surface area contributed by atoms with E-state index in [4.69, 9.17) is 0 Å². The Morgan fingerprint density at radius 2 is 1.24 bits per heavy atom. The van der Waals surface area contributed by atoms with Crippen molar-refractivity contribution >= 4 is 5.97 Å². The van der Waals surface area contributed by atoms with E-state index >= 15 is 0 Å². The van der Waals surface area contributed by atoms with Gasteiger partial charge in [0.25, 0.3) is 0 Å². The van der Waals surface area contributed by atoms with E-state index in [0.29, 0.717) is 5.69 Å². The van der Waals surface area contributed by atoms with Gasteiger partial charge in [0.15, 0.2) is 0 Å². The van der Waals surface area contributed by atoms with Crippen molar-refractivity contribution in [3.8, 4) is 0 Å². The average Bonchev–Trinajstić information content (AvgIpc) is 3.26. The molecule has 1 N–H and O–H groups in total. The van der Waals surface area contributed by atoms with Crippen molar-refractivity contribution in [3.05, 3.63) is 126 Å². The second kappa shape index (κ2) is 7.76. The van der Waals surface area contributed by atoms with Crippen molar-refractivity contribution in [2.24, 2.45) is 0 Å². The van der Waals surface area contributed by atoms with Gasteiger partial charge in [0, 0.05) is 6.20 Å². The number of nitrogens with zero attached hydrogens (tertiary/aromatic N) is 2. The lowest BCUT2D eigenvalue weighted by atomic mass is 9.76. The van der Waals surface area contributed by atoms with Crippen LogP contribution in [-0.4, -0.2) is 20.6 Å². The molecule has 4 heteroatoms. The molecule has 1 unspecified atom stereocenters. The van der Waals surface area contributed by atoms with E-state index in [1.54, 1.807) is 13.3 Å². The van der Waals surface area contributed by atoms with Gasteiger partial charge in [-0.3, -0.25) is 4.79 Å². The Balaban J connectivity index is 2.05. The predicted octanol–water partition coefficient (Wildman–Crippen LogP) is 4.91. The molecule has 0 saturated heterocycles. The first kappa shape index (κ1) is 18.7. The maximum absolute atomic E-state index is 11.5. The highest BCUT2D eigenvalue weighted by Crippen LogP contribution is 2.41. The molecule has 0 bridgehead atoms. The number of carboxylic acids is 1. The second-order valence-electron chi connectivity index (χ2n) is 7.07. The summed E-state index contributed by atoms with van der Waals surface area (Å²) in [6.07, 6.45) is 3.59. The number of carboxylic acid groups (broad SMARTS) is 1. The van der Waals surface area contributed by atoms with E-state index in [1.807, 2.05) is 65.4 Å². The van der Waals surface area contributed by atoms with Crippen molar-refractivity contribution in [1.82, 2.24) is 9.55 Å². The van der Waals surface area contributed by atoms with Crippen LogP contribution in [0.1, 0.15) is 35.2 Å². The molecule has 1 atom stereocenters. The molecule has 1 heterocycles. The lowest BCUT2D eigenvalue weighted by Crippen LogP contribution is -2.37. The van der Waals surface area contributed by atoms with Gasteiger partial charge in [-0.2, -0.15) is 0 Å². The quantitative estimate of drug-likeness (QED) is 0.482. The molecule has 0 fully saturated rings. The highest BCUT2D eigenvalue weighted by atomic mass is 16.4. The fourth-order valence-electron chi connectivity index (χ4n) is 3.86. The van der Waals surface area contributed by atoms with Crippen molar-refractivity contribution in [2.45, 2.75) is 18.4 Å². The fourth-order valence-corrected chi connectivity index (χ4v) is 3.86. The van der Waals surface area contributed by atoms with Gasteiger partial charge in [0.1, 0.15) is 5.54 Å². The Labute approximate surface area is 170 Å². The standard InChI is InChI=1S/C25H22N2O2/c1-19(24(28)29)23-17-27(18-26-23)25(20-11-5-2-6-12-20,21-13-7-3-8-14-21)22-15-9-4-10-16-22/h2-19H,1H3,(H,28,29). The van der Waals surface area contributed by atoms with Crippen LogP contribution in [0, 0.1) is 0 Å². The molecule has 0 aliphatic rings. The number of aliphatic carboxylic acids is 1. The van der Waals surface area contributed by atoms with Gasteiger partial charge >= 0.3 is 5.97 Å². The fraction of sp³-hybridized carbons (Fsp3) is 0.120. The molecule has 0 amide bonds. The van der Waals surface area contributed by atoms with E-state index in [9.17, 15) is 9.90 Å². The van der Waals surface area contributed by atoms with E-state index in [1.165, 1.54) is 0 Å². The minimum atomic E-state index is -0.889. The number of benzene rings is 3. The van der Waals surface area contributed by atoms with Crippen LogP contribution in [0.2, 0.25) is 0 Å². The summed E-state index contributed by atoms with van der Waals surface area (Å²) >= 11 is 0. The van der Waals surface area contributed by atoms with Crippen molar-refractivity contribution in [3.63, 3.8) is 0 Å². The summed E-state index contributed by atoms with van der Waals surface area (Å²) < 4.78 is 2.03. The third-order valence-electron chi connectivity index (χ3n) is 5.38. The van der Waals surface area contributed by atoms with E-state index in [2.05, 4.69) is 41.4 Å². The topological polar surface area (TPSA) is 55.1 Å². The van der Waals surface area contributed by atoms with Crippen LogP contribution in [0.25, 0.3) is 0 Å². The van der Waals surface area contributed by atoms with Crippen LogP contribution in [0.5, 0.6) is 0 Å². The van der Waals surface area contributed by atoms with Gasteiger partial charge in [-0.1, -0.05) is 91.0 Å². The zero-order valence-electron chi connectivity index (χ0n) is 16.1. The molecule has 4 rings (SSSR count). The lowest BCUT2D eigenvalue weighted by Gasteiger charge is -2.37. The third-order valence-corrected chi connectivity index (χ3v) is 5.38. The number of aromatic nitrogens is 2. The number of imidazole rings is 1. The molecule has 0 saturated carbocycles. The zero-order valence-corrected chi connectivity index (χ0v) is 16.1. The van der Waals surface area contributed by atoms with Gasteiger partial charge in [0.05, 0.1) is 17.9 Å². The largest absolute Gasteiger partial charge is 0.481 e. The second-order valence-corrected chi connectivity index (χ2v) is 7.07. The van der Waals surface area contributed by atoms with Crippen LogP contribution in [0.15, 0.2) is 104 Å². The summed E-state index contributed by atoms with van der Waals surface area (Å²) in [5.41, 5.74) is 3.08. The van der Waals surface area contributed by atoms with Crippen molar-refractivity contribution < 1.29 is 9.90 Å². The smallest absolute Gasteiger partial charge is 0.312 e. The molecule has 0 aliphatic carbocycles. The Kier molecular flexibility index (Phi) is 5.00. The Hall–Kier alpha value is -3.66. The number of hydrogen-bond acceptors (Lipinski definition) is 2.